The molecule has 0 amide bonds. The molecule has 0 saturated carbocycles. The molecule has 0 atom stereocenters. The molecule has 2 N–H and O–H groups in total. The number of nitrogens with zero attached hydrogens (tertiary/aromatic N) is 2. The molecule has 3 nitrogen and oxygen atoms in total. The molecule has 126 valence electrons. The first-order valence-corrected chi connectivity index (χ1v) is 9.42. The Kier molecular flexibility index (Phi) is 4.63. The van der Waals surface area contributed by atoms with Crippen molar-refractivity contribution in [2.45, 2.75) is 19.5 Å². The molecule has 4 heteroatoms. The molecule has 1 aliphatic rings. The summed E-state index contributed by atoms with van der Waals surface area (Å²) in [6, 6.07) is 21.1. The van der Waals surface area contributed by atoms with Crippen LogP contribution in [-0.2, 0) is 19.5 Å². The van der Waals surface area contributed by atoms with Crippen molar-refractivity contribution >= 4 is 22.9 Å². The Hall–Kier alpha value is -2.43. The molecule has 2 aromatic carbocycles. The van der Waals surface area contributed by atoms with Gasteiger partial charge in [-0.15, -0.1) is 11.3 Å². The average Bonchev–Trinajstić information content (AvgIpc) is 3.17. The summed E-state index contributed by atoms with van der Waals surface area (Å²) in [5.41, 5.74) is 11.2. The van der Waals surface area contributed by atoms with Crippen LogP contribution in [0.1, 0.15) is 21.6 Å². The summed E-state index contributed by atoms with van der Waals surface area (Å²) >= 11 is 1.62. The van der Waals surface area contributed by atoms with Gasteiger partial charge in [0.1, 0.15) is 5.84 Å². The summed E-state index contributed by atoms with van der Waals surface area (Å²) in [5, 5.41) is 2.02. The summed E-state index contributed by atoms with van der Waals surface area (Å²) in [6.45, 7) is 3.06. The van der Waals surface area contributed by atoms with E-state index < -0.39 is 0 Å². The number of hydrogen-bond acceptors (Lipinski definition) is 3. The van der Waals surface area contributed by atoms with Crippen LogP contribution in [0.3, 0.4) is 0 Å². The van der Waals surface area contributed by atoms with E-state index in [0.29, 0.717) is 5.84 Å². The van der Waals surface area contributed by atoms with E-state index >= 15 is 0 Å². The Morgan fingerprint density at radius 3 is 2.72 bits per heavy atom. The third-order valence-electron chi connectivity index (χ3n) is 4.55. The molecule has 0 aliphatic carbocycles. The number of benzene rings is 2. The van der Waals surface area contributed by atoms with Crippen LogP contribution in [0.25, 0.3) is 0 Å². The first-order valence-electron chi connectivity index (χ1n) is 8.54. The zero-order chi connectivity index (χ0) is 17.1. The van der Waals surface area contributed by atoms with E-state index in [1.54, 1.807) is 11.3 Å². The van der Waals surface area contributed by atoms with Gasteiger partial charge in [-0.05, 0) is 46.7 Å². The lowest BCUT2D eigenvalue weighted by Gasteiger charge is -2.29. The van der Waals surface area contributed by atoms with Crippen molar-refractivity contribution in [1.82, 2.24) is 4.90 Å². The first-order chi connectivity index (χ1) is 12.3. The highest BCUT2D eigenvalue weighted by Crippen LogP contribution is 2.25. The Morgan fingerprint density at radius 1 is 1.04 bits per heavy atom. The minimum absolute atomic E-state index is 0.590. The molecule has 0 bridgehead atoms. The van der Waals surface area contributed by atoms with Gasteiger partial charge in [0.2, 0.25) is 0 Å². The summed E-state index contributed by atoms with van der Waals surface area (Å²) in [7, 11) is 0. The summed E-state index contributed by atoms with van der Waals surface area (Å²) in [6.07, 6.45) is 1.09. The molecular weight excluding hydrogens is 326 g/mol. The molecule has 0 fully saturated rings. The lowest BCUT2D eigenvalue weighted by molar-refractivity contribution is 0.245. The van der Waals surface area contributed by atoms with Gasteiger partial charge in [0.15, 0.2) is 0 Å². The van der Waals surface area contributed by atoms with Crippen molar-refractivity contribution in [2.75, 3.05) is 6.54 Å². The van der Waals surface area contributed by atoms with Crippen molar-refractivity contribution in [2.24, 2.45) is 10.7 Å². The number of rotatable bonds is 4. The predicted octanol–water partition coefficient (Wildman–Crippen LogP) is 4.34. The van der Waals surface area contributed by atoms with Gasteiger partial charge in [-0.2, -0.15) is 0 Å². The third kappa shape index (κ3) is 3.81. The van der Waals surface area contributed by atoms with Crippen molar-refractivity contribution < 1.29 is 0 Å². The molecule has 0 spiro atoms. The van der Waals surface area contributed by atoms with E-state index in [1.165, 1.54) is 16.7 Å². The van der Waals surface area contributed by atoms with Gasteiger partial charge < -0.3 is 5.73 Å². The summed E-state index contributed by atoms with van der Waals surface area (Å²) in [5.74, 6) is 0.590. The lowest BCUT2D eigenvalue weighted by Crippen LogP contribution is -2.29. The molecule has 0 unspecified atom stereocenters. The van der Waals surface area contributed by atoms with E-state index in [4.69, 9.17) is 5.73 Å². The number of fused-ring (bicyclic) bond motifs is 1. The molecule has 4 rings (SSSR count). The second kappa shape index (κ2) is 7.21. The van der Waals surface area contributed by atoms with Crippen molar-refractivity contribution in [1.29, 1.82) is 0 Å². The van der Waals surface area contributed by atoms with Gasteiger partial charge in [0, 0.05) is 19.6 Å². The molecule has 0 radical (unpaired) electrons. The van der Waals surface area contributed by atoms with Crippen LogP contribution in [0, 0.1) is 0 Å². The van der Waals surface area contributed by atoms with Crippen LogP contribution >= 0.6 is 11.3 Å². The van der Waals surface area contributed by atoms with Gasteiger partial charge in [0.25, 0.3) is 0 Å². The van der Waals surface area contributed by atoms with E-state index in [9.17, 15) is 0 Å². The van der Waals surface area contributed by atoms with Gasteiger partial charge in [0.05, 0.1) is 10.6 Å². The van der Waals surface area contributed by atoms with Crippen LogP contribution < -0.4 is 5.73 Å². The molecule has 1 aliphatic heterocycles. The Bertz CT molecular complexity index is 869. The smallest absolute Gasteiger partial charge is 0.141 e. The van der Waals surface area contributed by atoms with E-state index in [-0.39, 0.29) is 0 Å². The van der Waals surface area contributed by atoms with E-state index in [1.807, 2.05) is 17.5 Å². The topological polar surface area (TPSA) is 41.6 Å². The third-order valence-corrected chi connectivity index (χ3v) is 5.45. The summed E-state index contributed by atoms with van der Waals surface area (Å²) in [4.78, 5) is 8.12. The normalized spacial score (nSPS) is 15.1. The maximum Gasteiger partial charge on any atom is 0.141 e. The predicted molar refractivity (Wildman–Crippen MR) is 105 cm³/mol. The standard InChI is InChI=1S/C21H21N3S/c22-21(20-7-4-12-25-20)23-19-9-8-17-10-11-24(15-18(17)13-19)14-16-5-2-1-3-6-16/h1-9,12-13H,10-11,14-15H2,(H2,22,23). The van der Waals surface area contributed by atoms with Crippen molar-refractivity contribution in [3.05, 3.63) is 87.6 Å². The fourth-order valence-electron chi connectivity index (χ4n) is 3.27. The number of nitrogens with two attached hydrogens (primary N) is 1. The second-order valence-corrected chi connectivity index (χ2v) is 7.32. The Balaban J connectivity index is 1.52. The van der Waals surface area contributed by atoms with Crippen molar-refractivity contribution in [3.8, 4) is 0 Å². The van der Waals surface area contributed by atoms with Gasteiger partial charge in [-0.25, -0.2) is 4.99 Å². The fraction of sp³-hybridized carbons (Fsp3) is 0.190. The maximum absolute atomic E-state index is 6.13. The number of aliphatic imine (C=N–C) groups is 1. The highest BCUT2D eigenvalue weighted by atomic mass is 32.1. The zero-order valence-corrected chi connectivity index (χ0v) is 14.9. The van der Waals surface area contributed by atoms with Gasteiger partial charge in [-0.1, -0.05) is 42.5 Å². The molecule has 2 heterocycles. The first kappa shape index (κ1) is 16.1. The quantitative estimate of drug-likeness (QED) is 0.563. The minimum atomic E-state index is 0.590. The molecule has 0 saturated heterocycles. The largest absolute Gasteiger partial charge is 0.383 e. The number of thiophene rings is 1. The molecule has 3 aromatic rings. The van der Waals surface area contributed by atoms with E-state index in [2.05, 4.69) is 58.4 Å². The van der Waals surface area contributed by atoms with Gasteiger partial charge >= 0.3 is 0 Å². The average molecular weight is 347 g/mol. The zero-order valence-electron chi connectivity index (χ0n) is 14.1. The maximum atomic E-state index is 6.13. The van der Waals surface area contributed by atoms with Crippen LogP contribution in [-0.4, -0.2) is 17.3 Å². The van der Waals surface area contributed by atoms with Crippen LogP contribution in [0.4, 0.5) is 5.69 Å². The molecular formula is C21H21N3S. The summed E-state index contributed by atoms with van der Waals surface area (Å²) < 4.78 is 0. The molecule has 25 heavy (non-hydrogen) atoms. The lowest BCUT2D eigenvalue weighted by atomic mass is 9.98. The van der Waals surface area contributed by atoms with Gasteiger partial charge in [-0.3, -0.25) is 4.90 Å². The molecule has 1 aromatic heterocycles. The highest BCUT2D eigenvalue weighted by molar-refractivity contribution is 7.12. The second-order valence-electron chi connectivity index (χ2n) is 6.37. The van der Waals surface area contributed by atoms with Crippen LogP contribution in [0.5, 0.6) is 0 Å². The number of amidine groups is 1. The number of hydrogen-bond donors (Lipinski definition) is 1. The SMILES string of the molecule is NC(=Nc1ccc2c(c1)CN(Cc1ccccc1)CC2)c1cccs1. The van der Waals surface area contributed by atoms with Crippen molar-refractivity contribution in [3.63, 3.8) is 0 Å². The minimum Gasteiger partial charge on any atom is -0.383 e. The Morgan fingerprint density at radius 2 is 1.92 bits per heavy atom. The Labute approximate surface area is 152 Å². The monoisotopic (exact) mass is 347 g/mol. The highest BCUT2D eigenvalue weighted by Gasteiger charge is 2.16. The fourth-order valence-corrected chi connectivity index (χ4v) is 3.89. The van der Waals surface area contributed by atoms with E-state index in [0.717, 1.165) is 36.6 Å². The van der Waals surface area contributed by atoms with Crippen LogP contribution in [0.2, 0.25) is 0 Å². The van der Waals surface area contributed by atoms with Crippen LogP contribution in [0.15, 0.2) is 71.0 Å².